The zero-order valence-corrected chi connectivity index (χ0v) is 11.6. The number of hydrogen-bond acceptors (Lipinski definition) is 3. The minimum absolute atomic E-state index is 0.0879. The predicted molar refractivity (Wildman–Crippen MR) is 76.5 cm³/mol. The second-order valence-electron chi connectivity index (χ2n) is 5.35. The van der Waals surface area contributed by atoms with Gasteiger partial charge in [-0.1, -0.05) is 18.2 Å². The van der Waals surface area contributed by atoms with Crippen LogP contribution in [-0.4, -0.2) is 54.3 Å². The predicted octanol–water partition coefficient (Wildman–Crippen LogP) is 0.886. The summed E-state index contributed by atoms with van der Waals surface area (Å²) in [6.07, 6.45) is 0. The highest BCUT2D eigenvalue weighted by Gasteiger charge is 2.33. The Bertz CT molecular complexity index is 536. The first-order chi connectivity index (χ1) is 9.66. The third-order valence-electron chi connectivity index (χ3n) is 4.17. The molecule has 2 aliphatic rings. The van der Waals surface area contributed by atoms with Crippen LogP contribution in [0.15, 0.2) is 24.3 Å². The average molecular weight is 273 g/mol. The zero-order chi connectivity index (χ0) is 14.1. The highest BCUT2D eigenvalue weighted by atomic mass is 16.2. The number of benzene rings is 1. The number of fused-ring (bicyclic) bond motifs is 1. The summed E-state index contributed by atoms with van der Waals surface area (Å²) < 4.78 is 0. The van der Waals surface area contributed by atoms with Crippen molar-refractivity contribution in [3.8, 4) is 0 Å². The molecular formula is C15H19N3O2. The van der Waals surface area contributed by atoms with Crippen LogP contribution < -0.4 is 5.32 Å². The van der Waals surface area contributed by atoms with Gasteiger partial charge in [-0.15, -0.1) is 0 Å². The lowest BCUT2D eigenvalue weighted by Crippen LogP contribution is -2.51. The molecular weight excluding hydrogens is 254 g/mol. The van der Waals surface area contributed by atoms with E-state index in [-0.39, 0.29) is 17.7 Å². The highest BCUT2D eigenvalue weighted by Crippen LogP contribution is 2.32. The van der Waals surface area contributed by atoms with E-state index in [0.29, 0.717) is 32.7 Å². The normalized spacial score (nSPS) is 21.4. The summed E-state index contributed by atoms with van der Waals surface area (Å²) in [5.74, 6) is 0.172. The molecule has 2 aliphatic heterocycles. The van der Waals surface area contributed by atoms with Crippen LogP contribution in [0.2, 0.25) is 0 Å². The quantitative estimate of drug-likeness (QED) is 0.826. The molecule has 1 aromatic rings. The molecule has 1 aromatic carbocycles. The van der Waals surface area contributed by atoms with Gasteiger partial charge < -0.3 is 15.1 Å². The molecule has 0 radical (unpaired) electrons. The monoisotopic (exact) mass is 273 g/mol. The van der Waals surface area contributed by atoms with Crippen molar-refractivity contribution in [1.82, 2.24) is 9.80 Å². The molecule has 1 fully saturated rings. The van der Waals surface area contributed by atoms with E-state index in [1.54, 1.807) is 11.8 Å². The number of carbonyl (C=O) groups excluding carboxylic acids is 2. The number of nitrogens with zero attached hydrogens (tertiary/aromatic N) is 2. The number of hydrogen-bond donors (Lipinski definition) is 1. The second-order valence-corrected chi connectivity index (χ2v) is 5.35. The van der Waals surface area contributed by atoms with Crippen molar-refractivity contribution in [2.75, 3.05) is 38.0 Å². The summed E-state index contributed by atoms with van der Waals surface area (Å²) in [7, 11) is 0. The molecule has 1 N–H and O–H groups in total. The lowest BCUT2D eigenvalue weighted by molar-refractivity contribution is -0.139. The van der Waals surface area contributed by atoms with Crippen LogP contribution in [0.3, 0.4) is 0 Å². The Morgan fingerprint density at radius 1 is 1.10 bits per heavy atom. The first kappa shape index (κ1) is 13.0. The molecule has 1 unspecified atom stereocenters. The number of amides is 2. The van der Waals surface area contributed by atoms with Crippen molar-refractivity contribution in [3.63, 3.8) is 0 Å². The van der Waals surface area contributed by atoms with Crippen LogP contribution in [0.25, 0.3) is 0 Å². The van der Waals surface area contributed by atoms with Gasteiger partial charge in [0.2, 0.25) is 11.8 Å². The third kappa shape index (κ3) is 2.24. The number of para-hydroxylation sites is 1. The van der Waals surface area contributed by atoms with Gasteiger partial charge in [-0.3, -0.25) is 9.59 Å². The molecule has 3 rings (SSSR count). The number of piperazine rings is 1. The lowest BCUT2D eigenvalue weighted by Gasteiger charge is -2.35. The highest BCUT2D eigenvalue weighted by molar-refractivity contribution is 5.88. The Morgan fingerprint density at radius 3 is 2.45 bits per heavy atom. The van der Waals surface area contributed by atoms with E-state index in [1.807, 2.05) is 29.2 Å². The molecule has 20 heavy (non-hydrogen) atoms. The number of rotatable bonds is 1. The minimum Gasteiger partial charge on any atom is -0.384 e. The molecule has 0 bridgehead atoms. The van der Waals surface area contributed by atoms with Crippen molar-refractivity contribution in [2.45, 2.75) is 12.8 Å². The Balaban J connectivity index is 1.68. The maximum absolute atomic E-state index is 12.6. The summed E-state index contributed by atoms with van der Waals surface area (Å²) in [4.78, 5) is 27.6. The summed E-state index contributed by atoms with van der Waals surface area (Å²) in [6.45, 7) is 4.81. The Morgan fingerprint density at radius 2 is 1.75 bits per heavy atom. The first-order valence-corrected chi connectivity index (χ1v) is 7.04. The average Bonchev–Trinajstić information content (AvgIpc) is 2.90. The Hall–Kier alpha value is -2.04. The molecule has 5 nitrogen and oxygen atoms in total. The fourth-order valence-electron chi connectivity index (χ4n) is 2.97. The van der Waals surface area contributed by atoms with E-state index < -0.39 is 0 Å². The van der Waals surface area contributed by atoms with Crippen molar-refractivity contribution in [2.24, 2.45) is 0 Å². The summed E-state index contributed by atoms with van der Waals surface area (Å²) in [5, 5.41) is 3.29. The van der Waals surface area contributed by atoms with Crippen molar-refractivity contribution < 1.29 is 9.59 Å². The molecule has 0 saturated carbocycles. The zero-order valence-electron chi connectivity index (χ0n) is 11.6. The number of carbonyl (C=O) groups is 2. The maximum atomic E-state index is 12.6. The topological polar surface area (TPSA) is 52.7 Å². The number of nitrogens with one attached hydrogen (secondary N) is 1. The van der Waals surface area contributed by atoms with Gasteiger partial charge in [-0.25, -0.2) is 0 Å². The number of anilines is 1. The standard InChI is InChI=1S/C15H19N3O2/c1-11(19)17-6-8-18(9-7-17)15(20)13-10-16-14-5-3-2-4-12(13)14/h2-5,13,16H,6-10H2,1H3. The fraction of sp³-hybridized carbons (Fsp3) is 0.467. The van der Waals surface area contributed by atoms with Gasteiger partial charge in [0.15, 0.2) is 0 Å². The van der Waals surface area contributed by atoms with E-state index in [9.17, 15) is 9.59 Å². The smallest absolute Gasteiger partial charge is 0.232 e. The maximum Gasteiger partial charge on any atom is 0.232 e. The summed E-state index contributed by atoms with van der Waals surface area (Å²) in [5.41, 5.74) is 2.15. The van der Waals surface area contributed by atoms with E-state index in [1.165, 1.54) is 0 Å². The van der Waals surface area contributed by atoms with Gasteiger partial charge >= 0.3 is 0 Å². The van der Waals surface area contributed by atoms with Gasteiger partial charge in [-0.2, -0.15) is 0 Å². The minimum atomic E-state index is -0.0879. The molecule has 1 saturated heterocycles. The van der Waals surface area contributed by atoms with Crippen LogP contribution >= 0.6 is 0 Å². The first-order valence-electron chi connectivity index (χ1n) is 7.04. The van der Waals surface area contributed by atoms with Gasteiger partial charge in [0.25, 0.3) is 0 Å². The fourth-order valence-corrected chi connectivity index (χ4v) is 2.97. The molecule has 2 amide bonds. The van der Waals surface area contributed by atoms with Crippen LogP contribution in [0.1, 0.15) is 18.4 Å². The van der Waals surface area contributed by atoms with E-state index in [0.717, 1.165) is 11.3 Å². The lowest BCUT2D eigenvalue weighted by atomic mass is 9.99. The SMILES string of the molecule is CC(=O)N1CCN(C(=O)C2CNc3ccccc32)CC1. The molecule has 0 spiro atoms. The second kappa shape index (κ2) is 5.15. The van der Waals surface area contributed by atoms with Crippen LogP contribution in [0.4, 0.5) is 5.69 Å². The largest absolute Gasteiger partial charge is 0.384 e. The van der Waals surface area contributed by atoms with Crippen molar-refractivity contribution >= 4 is 17.5 Å². The molecule has 106 valence electrons. The summed E-state index contributed by atoms with van der Waals surface area (Å²) >= 11 is 0. The van der Waals surface area contributed by atoms with Crippen LogP contribution in [0.5, 0.6) is 0 Å². The van der Waals surface area contributed by atoms with Gasteiger partial charge in [0, 0.05) is 45.3 Å². The molecule has 2 heterocycles. The van der Waals surface area contributed by atoms with Gasteiger partial charge in [0.1, 0.15) is 0 Å². The van der Waals surface area contributed by atoms with Crippen LogP contribution in [-0.2, 0) is 9.59 Å². The molecule has 1 atom stereocenters. The van der Waals surface area contributed by atoms with E-state index in [2.05, 4.69) is 5.32 Å². The van der Waals surface area contributed by atoms with Crippen molar-refractivity contribution in [1.29, 1.82) is 0 Å². The van der Waals surface area contributed by atoms with Crippen molar-refractivity contribution in [3.05, 3.63) is 29.8 Å². The van der Waals surface area contributed by atoms with Crippen LogP contribution in [0, 0.1) is 0 Å². The van der Waals surface area contributed by atoms with E-state index >= 15 is 0 Å². The van der Waals surface area contributed by atoms with Gasteiger partial charge in [0.05, 0.1) is 5.92 Å². The third-order valence-corrected chi connectivity index (χ3v) is 4.17. The molecule has 0 aromatic heterocycles. The Labute approximate surface area is 118 Å². The molecule has 0 aliphatic carbocycles. The van der Waals surface area contributed by atoms with Gasteiger partial charge in [-0.05, 0) is 11.6 Å². The van der Waals surface area contributed by atoms with E-state index in [4.69, 9.17) is 0 Å². The summed E-state index contributed by atoms with van der Waals surface area (Å²) in [6, 6.07) is 7.98. The Kier molecular flexibility index (Phi) is 3.34. The molecule has 5 heteroatoms.